The molecular formula is C25H38N4. The molecule has 0 unspecified atom stereocenters. The van der Waals surface area contributed by atoms with Crippen LogP contribution in [0.1, 0.15) is 89.3 Å². The molecule has 0 amide bonds. The molecule has 0 aliphatic heterocycles. The lowest BCUT2D eigenvalue weighted by atomic mass is 9.45. The van der Waals surface area contributed by atoms with E-state index >= 15 is 0 Å². The Labute approximate surface area is 176 Å². The molecule has 4 aliphatic carbocycles. The highest BCUT2D eigenvalue weighted by molar-refractivity contribution is 5.93. The maximum absolute atomic E-state index is 4.81. The molecule has 4 nitrogen and oxygen atoms in total. The van der Waals surface area contributed by atoms with Gasteiger partial charge in [-0.2, -0.15) is 15.3 Å². The monoisotopic (exact) mass is 394 g/mol. The van der Waals surface area contributed by atoms with Crippen LogP contribution in [0.25, 0.3) is 0 Å². The highest BCUT2D eigenvalue weighted by Crippen LogP contribution is 2.65. The van der Waals surface area contributed by atoms with Gasteiger partial charge < -0.3 is 0 Å². The lowest BCUT2D eigenvalue weighted by Crippen LogP contribution is -2.52. The van der Waals surface area contributed by atoms with Crippen LogP contribution in [-0.2, 0) is 7.05 Å². The number of aryl methyl sites for hydroxylation is 2. The molecule has 4 heteroatoms. The minimum Gasteiger partial charge on any atom is -0.275 e. The van der Waals surface area contributed by atoms with Crippen molar-refractivity contribution in [3.05, 3.63) is 17.5 Å². The summed E-state index contributed by atoms with van der Waals surface area (Å²) < 4.78 is 1.85. The van der Waals surface area contributed by atoms with Crippen molar-refractivity contribution < 1.29 is 0 Å². The summed E-state index contributed by atoms with van der Waals surface area (Å²) in [6.07, 6.45) is 18.0. The fourth-order valence-corrected chi connectivity index (χ4v) is 8.15. The van der Waals surface area contributed by atoms with Gasteiger partial charge in [0.05, 0.1) is 11.9 Å². The second-order valence-corrected chi connectivity index (χ2v) is 11.0. The van der Waals surface area contributed by atoms with Gasteiger partial charge in [0.1, 0.15) is 0 Å². The van der Waals surface area contributed by atoms with Gasteiger partial charge >= 0.3 is 0 Å². The summed E-state index contributed by atoms with van der Waals surface area (Å²) in [5, 5.41) is 13.7. The summed E-state index contributed by atoms with van der Waals surface area (Å²) in [5.41, 5.74) is 4.36. The molecule has 1 aromatic heterocycles. The van der Waals surface area contributed by atoms with Crippen molar-refractivity contribution in [3.63, 3.8) is 0 Å². The molecule has 0 bridgehead atoms. The SMILES string of the molecule is Cc1nn(C)cc1/C=N\N=C1\CC[C@@H]2[C@H]3CC[C@@H]4CCCC[C@]4(C)[C@@H]3CC[C@]12C. The first-order valence-corrected chi connectivity index (χ1v) is 12.0. The lowest BCUT2D eigenvalue weighted by molar-refractivity contribution is -0.0936. The summed E-state index contributed by atoms with van der Waals surface area (Å²) in [7, 11) is 1.96. The molecule has 29 heavy (non-hydrogen) atoms. The van der Waals surface area contributed by atoms with E-state index in [2.05, 4.69) is 24.0 Å². The summed E-state index contributed by atoms with van der Waals surface area (Å²) in [6, 6.07) is 0. The van der Waals surface area contributed by atoms with E-state index in [4.69, 9.17) is 5.10 Å². The van der Waals surface area contributed by atoms with Crippen LogP contribution in [0.2, 0.25) is 0 Å². The summed E-state index contributed by atoms with van der Waals surface area (Å²) in [6.45, 7) is 7.21. The zero-order valence-electron chi connectivity index (χ0n) is 18.8. The average molecular weight is 395 g/mol. The highest BCUT2D eigenvalue weighted by atomic mass is 15.3. The van der Waals surface area contributed by atoms with Gasteiger partial charge in [-0.05, 0) is 87.4 Å². The maximum Gasteiger partial charge on any atom is 0.0682 e. The molecule has 4 aliphatic rings. The number of rotatable bonds is 2. The highest BCUT2D eigenvalue weighted by Gasteiger charge is 2.58. The van der Waals surface area contributed by atoms with Crippen LogP contribution in [0.3, 0.4) is 0 Å². The van der Waals surface area contributed by atoms with Crippen LogP contribution < -0.4 is 0 Å². The number of aromatic nitrogens is 2. The Kier molecular flexibility index (Phi) is 4.75. The van der Waals surface area contributed by atoms with Crippen molar-refractivity contribution in [2.45, 2.75) is 85.0 Å². The molecule has 0 N–H and O–H groups in total. The van der Waals surface area contributed by atoms with Gasteiger partial charge in [0.2, 0.25) is 0 Å². The van der Waals surface area contributed by atoms with Gasteiger partial charge in [-0.3, -0.25) is 4.68 Å². The Bertz CT molecular complexity index is 836. The normalized spacial score (nSPS) is 43.4. The lowest BCUT2D eigenvalue weighted by Gasteiger charge is -2.59. The minimum atomic E-state index is 0.278. The Balaban J connectivity index is 1.37. The van der Waals surface area contributed by atoms with E-state index in [0.717, 1.165) is 41.3 Å². The summed E-state index contributed by atoms with van der Waals surface area (Å²) >= 11 is 0. The fraction of sp³-hybridized carbons (Fsp3) is 0.800. The smallest absolute Gasteiger partial charge is 0.0682 e. The predicted octanol–water partition coefficient (Wildman–Crippen LogP) is 5.94. The van der Waals surface area contributed by atoms with Crippen molar-refractivity contribution in [1.29, 1.82) is 0 Å². The Morgan fingerprint density at radius 2 is 1.93 bits per heavy atom. The molecule has 5 rings (SSSR count). The molecule has 6 atom stereocenters. The number of hydrogen-bond acceptors (Lipinski definition) is 3. The van der Waals surface area contributed by atoms with E-state index in [9.17, 15) is 0 Å². The molecule has 0 spiro atoms. The zero-order chi connectivity index (χ0) is 20.2. The Morgan fingerprint density at radius 1 is 1.07 bits per heavy atom. The molecule has 158 valence electrons. The van der Waals surface area contributed by atoms with E-state index in [1.54, 1.807) is 0 Å². The van der Waals surface area contributed by atoms with Crippen LogP contribution in [0, 0.1) is 41.4 Å². The van der Waals surface area contributed by atoms with Gasteiger partial charge in [-0.25, -0.2) is 0 Å². The largest absolute Gasteiger partial charge is 0.275 e. The van der Waals surface area contributed by atoms with Crippen LogP contribution in [0.5, 0.6) is 0 Å². The zero-order valence-corrected chi connectivity index (χ0v) is 18.8. The molecule has 1 aromatic rings. The first kappa shape index (κ1) is 19.5. The van der Waals surface area contributed by atoms with Gasteiger partial charge in [0.15, 0.2) is 0 Å². The number of nitrogens with zero attached hydrogens (tertiary/aromatic N) is 4. The van der Waals surface area contributed by atoms with Gasteiger partial charge in [-0.15, -0.1) is 0 Å². The summed E-state index contributed by atoms with van der Waals surface area (Å²) in [4.78, 5) is 0. The van der Waals surface area contributed by atoms with E-state index in [1.807, 2.05) is 31.1 Å². The predicted molar refractivity (Wildman–Crippen MR) is 119 cm³/mol. The van der Waals surface area contributed by atoms with Crippen molar-refractivity contribution in [2.24, 2.45) is 51.8 Å². The molecule has 0 radical (unpaired) electrons. The third-order valence-corrected chi connectivity index (χ3v) is 9.75. The van der Waals surface area contributed by atoms with E-state index in [1.165, 1.54) is 63.5 Å². The van der Waals surface area contributed by atoms with Gasteiger partial charge in [0, 0.05) is 29.9 Å². The fourth-order valence-electron chi connectivity index (χ4n) is 8.15. The van der Waals surface area contributed by atoms with Crippen molar-refractivity contribution in [2.75, 3.05) is 0 Å². The quantitative estimate of drug-likeness (QED) is 0.452. The molecule has 4 fully saturated rings. The second kappa shape index (κ2) is 7.06. The third-order valence-electron chi connectivity index (χ3n) is 9.75. The van der Waals surface area contributed by atoms with Crippen molar-refractivity contribution in [3.8, 4) is 0 Å². The summed E-state index contributed by atoms with van der Waals surface area (Å²) in [5.74, 6) is 3.71. The molecular weight excluding hydrogens is 356 g/mol. The topological polar surface area (TPSA) is 42.5 Å². The van der Waals surface area contributed by atoms with Crippen LogP contribution in [0.4, 0.5) is 0 Å². The molecule has 0 saturated heterocycles. The third kappa shape index (κ3) is 3.04. The average Bonchev–Trinajstić information content (AvgIpc) is 3.19. The van der Waals surface area contributed by atoms with Crippen LogP contribution in [0.15, 0.2) is 16.4 Å². The van der Waals surface area contributed by atoms with E-state index < -0.39 is 0 Å². The van der Waals surface area contributed by atoms with E-state index in [-0.39, 0.29) is 5.41 Å². The first-order valence-electron chi connectivity index (χ1n) is 12.0. The second-order valence-electron chi connectivity index (χ2n) is 11.0. The maximum atomic E-state index is 4.81. The van der Waals surface area contributed by atoms with Crippen LogP contribution in [-0.4, -0.2) is 21.7 Å². The van der Waals surface area contributed by atoms with Crippen LogP contribution >= 0.6 is 0 Å². The van der Waals surface area contributed by atoms with Crippen molar-refractivity contribution >= 4 is 11.9 Å². The van der Waals surface area contributed by atoms with E-state index in [0.29, 0.717) is 5.41 Å². The number of hydrogen-bond donors (Lipinski definition) is 0. The molecule has 4 saturated carbocycles. The standard InChI is InChI=1S/C25H38N4/c1-17-18(16-29(4)28-17)15-26-27-23-11-10-21-20-9-8-19-7-5-6-13-24(19,2)22(20)12-14-25(21,23)3/h15-16,19-22H,5-14H2,1-4H3/b26-15-,27-23-/t19-,20+,21+,22+,24-,25-/m0/s1. The molecule has 1 heterocycles. The number of fused-ring (bicyclic) bond motifs is 5. The van der Waals surface area contributed by atoms with Crippen molar-refractivity contribution in [1.82, 2.24) is 9.78 Å². The Morgan fingerprint density at radius 3 is 2.72 bits per heavy atom. The first-order chi connectivity index (χ1) is 13.9. The Hall–Kier alpha value is -1.45. The van der Waals surface area contributed by atoms with Gasteiger partial charge in [0.25, 0.3) is 0 Å². The minimum absolute atomic E-state index is 0.278. The molecule has 0 aromatic carbocycles. The van der Waals surface area contributed by atoms with Gasteiger partial charge in [-0.1, -0.05) is 26.7 Å².